The number of para-hydroxylation sites is 2. The minimum atomic E-state index is -0.630. The molecular formula is C21H30N4O3. The largest absolute Gasteiger partial charge is 0.476 e. The highest BCUT2D eigenvalue weighted by Gasteiger charge is 2.35. The van der Waals surface area contributed by atoms with Crippen LogP contribution in [-0.2, 0) is 9.59 Å². The molecule has 0 radical (unpaired) electrons. The van der Waals surface area contributed by atoms with E-state index in [0.29, 0.717) is 5.75 Å². The molecule has 7 nitrogen and oxygen atoms in total. The molecule has 28 heavy (non-hydrogen) atoms. The molecule has 2 fully saturated rings. The first-order valence-corrected chi connectivity index (χ1v) is 10.4. The molecule has 2 amide bonds. The lowest BCUT2D eigenvalue weighted by atomic mass is 10.1. The standard InChI is InChI=1S/C21H30N4O3/c1-17(26)25-16-20(28-19-7-3-2-6-18(19)25)21(27)24-14-12-23(13-15-24)11-10-22-8-4-5-9-22/h2-3,6-7,20H,4-5,8-16H2,1H3/t20-/m0/s1. The van der Waals surface area contributed by atoms with Gasteiger partial charge in [0.1, 0.15) is 5.75 Å². The van der Waals surface area contributed by atoms with E-state index in [4.69, 9.17) is 4.74 Å². The highest BCUT2D eigenvalue weighted by molar-refractivity contribution is 5.95. The summed E-state index contributed by atoms with van der Waals surface area (Å²) >= 11 is 0. The van der Waals surface area contributed by atoms with Gasteiger partial charge in [0.25, 0.3) is 5.91 Å². The predicted molar refractivity (Wildman–Crippen MR) is 108 cm³/mol. The minimum absolute atomic E-state index is 0.0139. The molecule has 0 aromatic heterocycles. The molecule has 0 spiro atoms. The molecule has 7 heteroatoms. The smallest absolute Gasteiger partial charge is 0.265 e. The predicted octanol–water partition coefficient (Wildman–Crippen LogP) is 1.04. The maximum absolute atomic E-state index is 13.0. The summed E-state index contributed by atoms with van der Waals surface area (Å²) in [4.78, 5) is 33.6. The first-order valence-electron chi connectivity index (χ1n) is 10.4. The van der Waals surface area contributed by atoms with E-state index in [1.807, 2.05) is 29.2 Å². The van der Waals surface area contributed by atoms with Gasteiger partial charge in [-0.1, -0.05) is 12.1 Å². The van der Waals surface area contributed by atoms with Crippen molar-refractivity contribution in [1.82, 2.24) is 14.7 Å². The Bertz CT molecular complexity index is 711. The van der Waals surface area contributed by atoms with Crippen LogP contribution in [0.3, 0.4) is 0 Å². The van der Waals surface area contributed by atoms with Crippen LogP contribution in [0.5, 0.6) is 5.75 Å². The molecule has 3 aliphatic heterocycles. The summed E-state index contributed by atoms with van der Waals surface area (Å²) in [5, 5.41) is 0. The van der Waals surface area contributed by atoms with Gasteiger partial charge in [-0.15, -0.1) is 0 Å². The SMILES string of the molecule is CC(=O)N1C[C@@H](C(=O)N2CCN(CCN3CCCC3)CC2)Oc2ccccc21. The van der Waals surface area contributed by atoms with Gasteiger partial charge in [0.15, 0.2) is 6.10 Å². The molecule has 3 heterocycles. The molecule has 0 N–H and O–H groups in total. The molecule has 152 valence electrons. The summed E-state index contributed by atoms with van der Waals surface area (Å²) in [6, 6.07) is 7.42. The highest BCUT2D eigenvalue weighted by atomic mass is 16.5. The number of piperazine rings is 1. The third-order valence-corrected chi connectivity index (χ3v) is 6.04. The normalized spacial score (nSPS) is 23.4. The fourth-order valence-electron chi connectivity index (χ4n) is 4.35. The van der Waals surface area contributed by atoms with Crippen molar-refractivity contribution in [2.45, 2.75) is 25.9 Å². The average molecular weight is 386 g/mol. The van der Waals surface area contributed by atoms with Gasteiger partial charge in [-0.3, -0.25) is 14.5 Å². The Hall–Kier alpha value is -2.12. The number of carbonyl (C=O) groups is 2. The molecule has 0 saturated carbocycles. The first kappa shape index (κ1) is 19.2. The second-order valence-corrected chi connectivity index (χ2v) is 7.92. The molecule has 1 aromatic rings. The van der Waals surface area contributed by atoms with E-state index in [-0.39, 0.29) is 18.4 Å². The Morgan fingerprint density at radius 3 is 2.29 bits per heavy atom. The van der Waals surface area contributed by atoms with Crippen molar-refractivity contribution in [1.29, 1.82) is 0 Å². The number of hydrogen-bond donors (Lipinski definition) is 0. The van der Waals surface area contributed by atoms with Gasteiger partial charge in [0.05, 0.1) is 12.2 Å². The molecule has 0 aliphatic carbocycles. The Morgan fingerprint density at radius 2 is 1.61 bits per heavy atom. The van der Waals surface area contributed by atoms with Crippen LogP contribution in [0.4, 0.5) is 5.69 Å². The zero-order valence-electron chi connectivity index (χ0n) is 16.7. The number of fused-ring (bicyclic) bond motifs is 1. The molecule has 1 aromatic carbocycles. The number of ether oxygens (including phenoxy) is 1. The maximum atomic E-state index is 13.0. The molecule has 2 saturated heterocycles. The number of amides is 2. The van der Waals surface area contributed by atoms with E-state index >= 15 is 0 Å². The zero-order valence-corrected chi connectivity index (χ0v) is 16.7. The van der Waals surface area contributed by atoms with Crippen molar-refractivity contribution in [3.63, 3.8) is 0 Å². The average Bonchev–Trinajstić information content (AvgIpc) is 3.25. The summed E-state index contributed by atoms with van der Waals surface area (Å²) in [6.07, 6.45) is 2.02. The van der Waals surface area contributed by atoms with Crippen LogP contribution < -0.4 is 9.64 Å². The lowest BCUT2D eigenvalue weighted by Gasteiger charge is -2.39. The molecule has 0 unspecified atom stereocenters. The van der Waals surface area contributed by atoms with E-state index in [1.165, 1.54) is 32.9 Å². The van der Waals surface area contributed by atoms with Gasteiger partial charge in [0.2, 0.25) is 5.91 Å². The highest BCUT2D eigenvalue weighted by Crippen LogP contribution is 2.33. The van der Waals surface area contributed by atoms with Gasteiger partial charge < -0.3 is 19.4 Å². The number of rotatable bonds is 4. The van der Waals surface area contributed by atoms with Gasteiger partial charge in [-0.25, -0.2) is 0 Å². The van der Waals surface area contributed by atoms with Crippen LogP contribution in [0.1, 0.15) is 19.8 Å². The van der Waals surface area contributed by atoms with Gasteiger partial charge in [-0.05, 0) is 38.1 Å². The Morgan fingerprint density at radius 1 is 0.964 bits per heavy atom. The Kier molecular flexibility index (Phi) is 5.82. The van der Waals surface area contributed by atoms with E-state index in [9.17, 15) is 9.59 Å². The van der Waals surface area contributed by atoms with Crippen molar-refractivity contribution in [2.24, 2.45) is 0 Å². The van der Waals surface area contributed by atoms with E-state index < -0.39 is 6.10 Å². The van der Waals surface area contributed by atoms with Gasteiger partial charge in [0, 0.05) is 46.2 Å². The Labute approximate surface area is 166 Å². The lowest BCUT2D eigenvalue weighted by Crippen LogP contribution is -2.56. The van der Waals surface area contributed by atoms with Crippen LogP contribution in [0.25, 0.3) is 0 Å². The molecule has 1 atom stereocenters. The number of likely N-dealkylation sites (tertiary alicyclic amines) is 1. The van der Waals surface area contributed by atoms with Crippen molar-refractivity contribution < 1.29 is 14.3 Å². The monoisotopic (exact) mass is 386 g/mol. The Balaban J connectivity index is 1.32. The maximum Gasteiger partial charge on any atom is 0.265 e. The molecule has 0 bridgehead atoms. The lowest BCUT2D eigenvalue weighted by molar-refractivity contribution is -0.140. The second kappa shape index (κ2) is 8.49. The molecule has 4 rings (SSSR count). The van der Waals surface area contributed by atoms with E-state index in [0.717, 1.165) is 45.0 Å². The number of hydrogen-bond acceptors (Lipinski definition) is 5. The van der Waals surface area contributed by atoms with Crippen LogP contribution >= 0.6 is 0 Å². The second-order valence-electron chi connectivity index (χ2n) is 7.92. The third kappa shape index (κ3) is 4.15. The van der Waals surface area contributed by atoms with Crippen molar-refractivity contribution in [2.75, 3.05) is 63.8 Å². The van der Waals surface area contributed by atoms with Crippen LogP contribution in [0.2, 0.25) is 0 Å². The van der Waals surface area contributed by atoms with Crippen LogP contribution in [-0.4, -0.2) is 91.5 Å². The number of carbonyl (C=O) groups excluding carboxylic acids is 2. The summed E-state index contributed by atoms with van der Waals surface area (Å²) in [5.74, 6) is 0.520. The summed E-state index contributed by atoms with van der Waals surface area (Å²) < 4.78 is 5.96. The van der Waals surface area contributed by atoms with Crippen molar-refractivity contribution in [3.8, 4) is 5.75 Å². The fourth-order valence-corrected chi connectivity index (χ4v) is 4.35. The van der Waals surface area contributed by atoms with Crippen LogP contribution in [0, 0.1) is 0 Å². The minimum Gasteiger partial charge on any atom is -0.476 e. The first-order chi connectivity index (χ1) is 13.6. The number of nitrogens with zero attached hydrogens (tertiary/aromatic N) is 4. The van der Waals surface area contributed by atoms with Crippen LogP contribution in [0.15, 0.2) is 24.3 Å². The topological polar surface area (TPSA) is 56.3 Å². The van der Waals surface area contributed by atoms with Gasteiger partial charge >= 0.3 is 0 Å². The number of benzene rings is 1. The van der Waals surface area contributed by atoms with Crippen molar-refractivity contribution in [3.05, 3.63) is 24.3 Å². The van der Waals surface area contributed by atoms with E-state index in [1.54, 1.807) is 4.90 Å². The van der Waals surface area contributed by atoms with Crippen molar-refractivity contribution >= 4 is 17.5 Å². The summed E-state index contributed by atoms with van der Waals surface area (Å²) in [6.45, 7) is 9.72. The number of anilines is 1. The third-order valence-electron chi connectivity index (χ3n) is 6.04. The molecular weight excluding hydrogens is 356 g/mol. The summed E-state index contributed by atoms with van der Waals surface area (Å²) in [5.41, 5.74) is 0.741. The molecule has 3 aliphatic rings. The van der Waals surface area contributed by atoms with Gasteiger partial charge in [-0.2, -0.15) is 0 Å². The summed E-state index contributed by atoms with van der Waals surface area (Å²) in [7, 11) is 0. The zero-order chi connectivity index (χ0) is 19.5. The van der Waals surface area contributed by atoms with E-state index in [2.05, 4.69) is 9.80 Å². The quantitative estimate of drug-likeness (QED) is 0.774. The fraction of sp³-hybridized carbons (Fsp3) is 0.619.